The Balaban J connectivity index is 0.00000112. The molecule has 1 aromatic carbocycles. The largest absolute Gasteiger partial charge is 1.00 e. The SMILES string of the molecule is Cc1cnc(-c2[c]cccc2)c(C)c1.[Cl-].[Hg+]. The van der Waals surface area contributed by atoms with Crippen LogP contribution in [-0.2, 0) is 27.7 Å². The Morgan fingerprint density at radius 2 is 1.94 bits per heavy atom. The van der Waals surface area contributed by atoms with Gasteiger partial charge in [0, 0.05) is 11.8 Å². The van der Waals surface area contributed by atoms with Crippen molar-refractivity contribution in [2.45, 2.75) is 13.8 Å². The first kappa shape index (κ1) is 15.6. The minimum Gasteiger partial charge on any atom is -1.00 e. The van der Waals surface area contributed by atoms with Gasteiger partial charge in [0.1, 0.15) is 0 Å². The van der Waals surface area contributed by atoms with E-state index in [1.807, 2.05) is 30.5 Å². The standard InChI is InChI=1S/C13H12N.ClH.Hg/c1-10-8-11(2)13(14-9-10)12-6-4-3-5-7-12;;/h3-6,8-9H,1-2H3;1H;/q;;+1/p-1. The van der Waals surface area contributed by atoms with Crippen LogP contribution in [0.25, 0.3) is 11.3 Å². The van der Waals surface area contributed by atoms with Gasteiger partial charge in [-0.25, -0.2) is 0 Å². The average molecular weight is 418 g/mol. The fourth-order valence-electron chi connectivity index (χ4n) is 1.54. The summed E-state index contributed by atoms with van der Waals surface area (Å²) >= 11 is 0. The summed E-state index contributed by atoms with van der Waals surface area (Å²) < 4.78 is 0. The first-order valence-electron chi connectivity index (χ1n) is 4.68. The molecule has 1 heterocycles. The second-order valence-corrected chi connectivity index (χ2v) is 3.45. The molecule has 0 spiro atoms. The van der Waals surface area contributed by atoms with Gasteiger partial charge >= 0.3 is 27.7 Å². The molecule has 1 aromatic heterocycles. The molecule has 0 amide bonds. The molecule has 0 aliphatic carbocycles. The van der Waals surface area contributed by atoms with Crippen molar-refractivity contribution >= 4 is 0 Å². The topological polar surface area (TPSA) is 12.9 Å². The van der Waals surface area contributed by atoms with Gasteiger partial charge in [0.15, 0.2) is 0 Å². The Bertz CT molecular complexity index is 443. The van der Waals surface area contributed by atoms with E-state index < -0.39 is 0 Å². The van der Waals surface area contributed by atoms with Crippen LogP contribution >= 0.6 is 0 Å². The molecule has 0 unspecified atom stereocenters. The Kier molecular flexibility index (Phi) is 6.85. The van der Waals surface area contributed by atoms with Gasteiger partial charge in [-0.1, -0.05) is 30.3 Å². The normalized spacial score (nSPS) is 8.88. The van der Waals surface area contributed by atoms with Crippen LogP contribution in [0, 0.1) is 19.9 Å². The number of halogens is 1. The molecule has 0 fully saturated rings. The van der Waals surface area contributed by atoms with E-state index in [1.165, 1.54) is 11.1 Å². The minimum atomic E-state index is 0. The van der Waals surface area contributed by atoms with Gasteiger partial charge in [0.2, 0.25) is 0 Å². The van der Waals surface area contributed by atoms with Crippen molar-refractivity contribution in [3.8, 4) is 11.3 Å². The Hall–Kier alpha value is -0.405. The molecule has 0 saturated carbocycles. The third-order valence-electron chi connectivity index (χ3n) is 2.18. The fourth-order valence-corrected chi connectivity index (χ4v) is 1.54. The maximum absolute atomic E-state index is 4.42. The van der Waals surface area contributed by atoms with Gasteiger partial charge in [0.25, 0.3) is 0 Å². The van der Waals surface area contributed by atoms with Crippen LogP contribution in [0.15, 0.2) is 36.5 Å². The molecule has 78 valence electrons. The van der Waals surface area contributed by atoms with Crippen molar-refractivity contribution in [3.63, 3.8) is 0 Å². The number of aryl methyl sites for hydroxylation is 2. The van der Waals surface area contributed by atoms with Crippen LogP contribution in [0.4, 0.5) is 0 Å². The molecule has 0 aliphatic heterocycles. The van der Waals surface area contributed by atoms with Crippen LogP contribution in [0.3, 0.4) is 0 Å². The van der Waals surface area contributed by atoms with Crippen LogP contribution in [0.2, 0.25) is 0 Å². The zero-order valence-electron chi connectivity index (χ0n) is 9.50. The van der Waals surface area contributed by atoms with Gasteiger partial charge in [-0.3, -0.25) is 4.98 Å². The number of aromatic nitrogens is 1. The molecule has 1 nitrogen and oxygen atoms in total. The second kappa shape index (κ2) is 7.03. The van der Waals surface area contributed by atoms with Gasteiger partial charge in [0.05, 0.1) is 5.69 Å². The second-order valence-electron chi connectivity index (χ2n) is 3.45. The van der Waals surface area contributed by atoms with E-state index in [1.54, 1.807) is 0 Å². The number of nitrogens with zero attached hydrogens (tertiary/aromatic N) is 1. The number of benzene rings is 1. The van der Waals surface area contributed by atoms with Crippen LogP contribution in [0.5, 0.6) is 0 Å². The molecule has 16 heavy (non-hydrogen) atoms. The Morgan fingerprint density at radius 1 is 1.19 bits per heavy atom. The summed E-state index contributed by atoms with van der Waals surface area (Å²) in [5.74, 6) is 0. The molecule has 3 heteroatoms. The van der Waals surface area contributed by atoms with Gasteiger partial charge in [-0.05, 0) is 31.0 Å². The predicted molar refractivity (Wildman–Crippen MR) is 58.0 cm³/mol. The number of pyridine rings is 1. The van der Waals surface area contributed by atoms with E-state index in [0.717, 1.165) is 11.3 Å². The molecule has 0 N–H and O–H groups in total. The summed E-state index contributed by atoms with van der Waals surface area (Å²) in [4.78, 5) is 4.42. The number of rotatable bonds is 1. The fraction of sp³-hybridized carbons (Fsp3) is 0.154. The maximum atomic E-state index is 4.42. The van der Waals surface area contributed by atoms with Crippen LogP contribution in [-0.4, -0.2) is 4.98 Å². The van der Waals surface area contributed by atoms with E-state index in [0.29, 0.717) is 0 Å². The summed E-state index contributed by atoms with van der Waals surface area (Å²) in [7, 11) is 0. The molecule has 0 atom stereocenters. The molecule has 0 bridgehead atoms. The molecular formula is C13H12ClHgN. The quantitative estimate of drug-likeness (QED) is 0.602. The monoisotopic (exact) mass is 419 g/mol. The Labute approximate surface area is 123 Å². The van der Waals surface area contributed by atoms with Crippen molar-refractivity contribution in [2.75, 3.05) is 0 Å². The molecule has 0 saturated heterocycles. The predicted octanol–water partition coefficient (Wildman–Crippen LogP) is 0.167. The molecule has 2 radical (unpaired) electrons. The summed E-state index contributed by atoms with van der Waals surface area (Å²) in [5, 5.41) is 0. The van der Waals surface area contributed by atoms with Crippen molar-refractivity contribution < 1.29 is 40.1 Å². The summed E-state index contributed by atoms with van der Waals surface area (Å²) in [6, 6.07) is 13.2. The van der Waals surface area contributed by atoms with Crippen molar-refractivity contribution in [1.82, 2.24) is 4.98 Å². The van der Waals surface area contributed by atoms with E-state index >= 15 is 0 Å². The van der Waals surface area contributed by atoms with Crippen LogP contribution in [0.1, 0.15) is 11.1 Å². The summed E-state index contributed by atoms with van der Waals surface area (Å²) in [6.07, 6.45) is 1.89. The molecular weight excluding hydrogens is 406 g/mol. The third kappa shape index (κ3) is 3.57. The van der Waals surface area contributed by atoms with Gasteiger partial charge in [-0.15, -0.1) is 0 Å². The van der Waals surface area contributed by atoms with Gasteiger partial charge < -0.3 is 12.4 Å². The van der Waals surface area contributed by atoms with Gasteiger partial charge in [-0.2, -0.15) is 0 Å². The van der Waals surface area contributed by atoms with Crippen LogP contribution < -0.4 is 12.4 Å². The van der Waals surface area contributed by atoms with E-state index in [2.05, 4.69) is 31.0 Å². The average Bonchev–Trinajstić information content (AvgIpc) is 2.19. The van der Waals surface area contributed by atoms with Crippen molar-refractivity contribution in [2.24, 2.45) is 0 Å². The van der Waals surface area contributed by atoms with E-state index in [4.69, 9.17) is 0 Å². The zero-order valence-corrected chi connectivity index (χ0v) is 15.8. The zero-order chi connectivity index (χ0) is 9.97. The first-order chi connectivity index (χ1) is 6.77. The van der Waals surface area contributed by atoms with E-state index in [-0.39, 0.29) is 40.1 Å². The summed E-state index contributed by atoms with van der Waals surface area (Å²) in [6.45, 7) is 4.13. The smallest absolute Gasteiger partial charge is 1.00 e. The van der Waals surface area contributed by atoms with Crippen molar-refractivity contribution in [1.29, 1.82) is 0 Å². The molecule has 2 rings (SSSR count). The first-order valence-corrected chi connectivity index (χ1v) is 4.68. The minimum absolute atomic E-state index is 0. The number of hydrogen-bond acceptors (Lipinski definition) is 1. The Morgan fingerprint density at radius 3 is 2.50 bits per heavy atom. The van der Waals surface area contributed by atoms with Crippen molar-refractivity contribution in [3.05, 3.63) is 53.7 Å². The number of hydrogen-bond donors (Lipinski definition) is 0. The molecule has 0 aliphatic rings. The summed E-state index contributed by atoms with van der Waals surface area (Å²) in [5.41, 5.74) is 4.48. The third-order valence-corrected chi connectivity index (χ3v) is 2.18. The molecule has 2 aromatic rings. The maximum Gasteiger partial charge on any atom is 1.00 e. The van der Waals surface area contributed by atoms with E-state index in [9.17, 15) is 0 Å².